The second-order valence-electron chi connectivity index (χ2n) is 5.84. The zero-order valence-corrected chi connectivity index (χ0v) is 16.0. The lowest BCUT2D eigenvalue weighted by Gasteiger charge is -2.22. The van der Waals surface area contributed by atoms with Crippen LogP contribution in [0.5, 0.6) is 0 Å². The summed E-state index contributed by atoms with van der Waals surface area (Å²) in [5.74, 6) is -1.25. The van der Waals surface area contributed by atoms with Crippen molar-refractivity contribution in [1.29, 1.82) is 0 Å². The summed E-state index contributed by atoms with van der Waals surface area (Å²) in [6.45, 7) is 1.55. The van der Waals surface area contributed by atoms with Crippen LogP contribution in [0.2, 0.25) is 5.02 Å². The largest absolute Gasteiger partial charge is 0.465 e. The van der Waals surface area contributed by atoms with Gasteiger partial charge in [-0.05, 0) is 36.2 Å². The van der Waals surface area contributed by atoms with Gasteiger partial charge in [0.2, 0.25) is 11.8 Å². The molecule has 0 radical (unpaired) electrons. The summed E-state index contributed by atoms with van der Waals surface area (Å²) in [5, 5.41) is 3.42. The van der Waals surface area contributed by atoms with Gasteiger partial charge in [-0.1, -0.05) is 35.9 Å². The number of hydrogen-bond donors (Lipinski definition) is 1. The molecule has 0 heterocycles. The van der Waals surface area contributed by atoms with Crippen LogP contribution in [0.3, 0.4) is 0 Å². The van der Waals surface area contributed by atoms with E-state index in [1.807, 2.05) is 18.2 Å². The maximum atomic E-state index is 12.3. The van der Waals surface area contributed by atoms with Crippen LogP contribution < -0.4 is 10.2 Å². The van der Waals surface area contributed by atoms with Crippen molar-refractivity contribution in [2.75, 3.05) is 25.1 Å². The summed E-state index contributed by atoms with van der Waals surface area (Å²) >= 11 is 5.94. The van der Waals surface area contributed by atoms with Gasteiger partial charge in [0.25, 0.3) is 0 Å². The van der Waals surface area contributed by atoms with Gasteiger partial charge in [0.05, 0.1) is 18.4 Å². The molecule has 0 aromatic heterocycles. The van der Waals surface area contributed by atoms with E-state index in [1.54, 1.807) is 30.3 Å². The molecule has 2 aromatic carbocycles. The number of carbonyl (C=O) groups is 3. The molecule has 1 N–H and O–H groups in total. The van der Waals surface area contributed by atoms with E-state index >= 15 is 0 Å². The van der Waals surface area contributed by atoms with Gasteiger partial charge < -0.3 is 15.0 Å². The zero-order valence-electron chi connectivity index (χ0n) is 15.2. The lowest BCUT2D eigenvalue weighted by Crippen LogP contribution is -2.41. The first-order valence-corrected chi connectivity index (χ1v) is 8.76. The molecule has 0 aliphatic rings. The third-order valence-corrected chi connectivity index (χ3v) is 4.14. The molecule has 0 spiro atoms. The Labute approximate surface area is 163 Å². The summed E-state index contributed by atoms with van der Waals surface area (Å²) in [7, 11) is 1.26. The van der Waals surface area contributed by atoms with Crippen LogP contribution in [-0.2, 0) is 20.7 Å². The molecule has 0 aliphatic heterocycles. The third kappa shape index (κ3) is 5.82. The summed E-state index contributed by atoms with van der Waals surface area (Å²) in [6.07, 6.45) is 0.616. The van der Waals surface area contributed by atoms with E-state index < -0.39 is 5.97 Å². The smallest absolute Gasteiger partial charge is 0.339 e. The van der Waals surface area contributed by atoms with Gasteiger partial charge in [-0.3, -0.25) is 9.59 Å². The van der Waals surface area contributed by atoms with Gasteiger partial charge >= 0.3 is 5.97 Å². The molecule has 0 aliphatic carbocycles. The number of nitrogens with one attached hydrogen (secondary N) is 1. The summed E-state index contributed by atoms with van der Waals surface area (Å²) < 4.78 is 4.75. The van der Waals surface area contributed by atoms with E-state index in [9.17, 15) is 14.4 Å². The molecule has 2 aromatic rings. The number of esters is 1. The van der Waals surface area contributed by atoms with Crippen molar-refractivity contribution in [2.24, 2.45) is 0 Å². The quantitative estimate of drug-likeness (QED) is 0.740. The fourth-order valence-electron chi connectivity index (χ4n) is 2.60. The molecule has 0 bridgehead atoms. The normalized spacial score (nSPS) is 10.2. The van der Waals surface area contributed by atoms with Gasteiger partial charge in [-0.15, -0.1) is 0 Å². The number of carbonyl (C=O) groups excluding carboxylic acids is 3. The van der Waals surface area contributed by atoms with Crippen molar-refractivity contribution in [3.63, 3.8) is 0 Å². The van der Waals surface area contributed by atoms with Crippen molar-refractivity contribution in [1.82, 2.24) is 5.32 Å². The van der Waals surface area contributed by atoms with Crippen molar-refractivity contribution in [3.05, 3.63) is 64.7 Å². The number of halogens is 1. The van der Waals surface area contributed by atoms with E-state index in [0.29, 0.717) is 23.7 Å². The standard InChI is InChI=1S/C20H21ClN2O4/c1-14(24)23(18-9-4-3-8-17(18)20(26)27-2)13-19(25)22-11-10-15-6-5-7-16(21)12-15/h3-9,12H,10-11,13H2,1-2H3,(H,22,25). The van der Waals surface area contributed by atoms with Gasteiger partial charge in [0.15, 0.2) is 0 Å². The molecular formula is C20H21ClN2O4. The van der Waals surface area contributed by atoms with E-state index in [2.05, 4.69) is 5.32 Å². The predicted octanol–water partition coefficient (Wildman–Crippen LogP) is 2.84. The fourth-order valence-corrected chi connectivity index (χ4v) is 2.81. The number of anilines is 1. The van der Waals surface area contributed by atoms with Crippen molar-refractivity contribution in [2.45, 2.75) is 13.3 Å². The van der Waals surface area contributed by atoms with Crippen LogP contribution >= 0.6 is 11.6 Å². The molecule has 2 rings (SSSR count). The van der Waals surface area contributed by atoms with Crippen molar-refractivity contribution >= 4 is 35.1 Å². The first-order chi connectivity index (χ1) is 12.9. The Morgan fingerprint density at radius 3 is 2.52 bits per heavy atom. The molecule has 2 amide bonds. The molecule has 27 heavy (non-hydrogen) atoms. The van der Waals surface area contributed by atoms with Crippen molar-refractivity contribution < 1.29 is 19.1 Å². The lowest BCUT2D eigenvalue weighted by molar-refractivity contribution is -0.123. The molecule has 7 heteroatoms. The SMILES string of the molecule is COC(=O)c1ccccc1N(CC(=O)NCCc1cccc(Cl)c1)C(C)=O. The van der Waals surface area contributed by atoms with E-state index in [-0.39, 0.29) is 23.9 Å². The Morgan fingerprint density at radius 2 is 1.85 bits per heavy atom. The molecular weight excluding hydrogens is 368 g/mol. The number of benzene rings is 2. The number of nitrogens with zero attached hydrogens (tertiary/aromatic N) is 1. The maximum absolute atomic E-state index is 12.3. The third-order valence-electron chi connectivity index (χ3n) is 3.91. The Morgan fingerprint density at radius 1 is 1.11 bits per heavy atom. The van der Waals surface area contributed by atoms with E-state index in [0.717, 1.165) is 5.56 Å². The van der Waals surface area contributed by atoms with Gasteiger partial charge in [0, 0.05) is 18.5 Å². The number of ether oxygens (including phenoxy) is 1. The van der Waals surface area contributed by atoms with E-state index in [4.69, 9.17) is 16.3 Å². The first-order valence-electron chi connectivity index (χ1n) is 8.39. The lowest BCUT2D eigenvalue weighted by atomic mass is 10.1. The number of para-hydroxylation sites is 1. The fraction of sp³-hybridized carbons (Fsp3) is 0.250. The Bertz CT molecular complexity index is 838. The Kier molecular flexibility index (Phi) is 7.37. The molecule has 142 valence electrons. The van der Waals surface area contributed by atoms with Gasteiger partial charge in [0.1, 0.15) is 6.54 Å². The van der Waals surface area contributed by atoms with Crippen LogP contribution in [0.25, 0.3) is 0 Å². The number of hydrogen-bond acceptors (Lipinski definition) is 4. The second kappa shape index (κ2) is 9.73. The van der Waals surface area contributed by atoms with Crippen LogP contribution in [0.1, 0.15) is 22.8 Å². The van der Waals surface area contributed by atoms with Gasteiger partial charge in [-0.2, -0.15) is 0 Å². The molecule has 0 saturated heterocycles. The van der Waals surface area contributed by atoms with Crippen LogP contribution in [0, 0.1) is 0 Å². The minimum atomic E-state index is -0.571. The van der Waals surface area contributed by atoms with E-state index in [1.165, 1.54) is 18.9 Å². The topological polar surface area (TPSA) is 75.7 Å². The highest BCUT2D eigenvalue weighted by Gasteiger charge is 2.21. The highest BCUT2D eigenvalue weighted by molar-refractivity contribution is 6.30. The summed E-state index contributed by atoms with van der Waals surface area (Å²) in [5.41, 5.74) is 1.56. The number of amides is 2. The first kappa shape index (κ1) is 20.5. The van der Waals surface area contributed by atoms with Crippen molar-refractivity contribution in [3.8, 4) is 0 Å². The molecule has 0 atom stereocenters. The molecule has 6 nitrogen and oxygen atoms in total. The number of rotatable bonds is 7. The second-order valence-corrected chi connectivity index (χ2v) is 6.28. The minimum Gasteiger partial charge on any atom is -0.465 e. The monoisotopic (exact) mass is 388 g/mol. The Hall–Kier alpha value is -2.86. The zero-order chi connectivity index (χ0) is 19.8. The highest BCUT2D eigenvalue weighted by Crippen LogP contribution is 2.21. The minimum absolute atomic E-state index is 0.196. The molecule has 0 unspecified atom stereocenters. The maximum Gasteiger partial charge on any atom is 0.339 e. The Balaban J connectivity index is 2.03. The van der Waals surface area contributed by atoms with Crippen LogP contribution in [0.4, 0.5) is 5.69 Å². The van der Waals surface area contributed by atoms with Gasteiger partial charge in [-0.25, -0.2) is 4.79 Å². The predicted molar refractivity (Wildman–Crippen MR) is 104 cm³/mol. The average molecular weight is 389 g/mol. The van der Waals surface area contributed by atoms with Crippen LogP contribution in [0.15, 0.2) is 48.5 Å². The highest BCUT2D eigenvalue weighted by atomic mass is 35.5. The summed E-state index contributed by atoms with van der Waals surface area (Å²) in [6, 6.07) is 13.9. The van der Waals surface area contributed by atoms with Crippen LogP contribution in [-0.4, -0.2) is 38.0 Å². The summed E-state index contributed by atoms with van der Waals surface area (Å²) in [4.78, 5) is 37.5. The average Bonchev–Trinajstić information content (AvgIpc) is 2.65. The molecule has 0 fully saturated rings. The number of methoxy groups -OCH3 is 1. The molecule has 0 saturated carbocycles.